The summed E-state index contributed by atoms with van der Waals surface area (Å²) in [7, 11) is 0. The van der Waals surface area contributed by atoms with Gasteiger partial charge in [-0.2, -0.15) is 5.10 Å². The van der Waals surface area contributed by atoms with Crippen molar-refractivity contribution in [2.75, 3.05) is 6.54 Å². The number of thioether (sulfide) groups is 1. The number of thiocarbonyl (C=S) groups is 1. The first-order chi connectivity index (χ1) is 20.4. The molecule has 0 saturated carbocycles. The zero-order valence-electron chi connectivity index (χ0n) is 23.8. The van der Waals surface area contributed by atoms with E-state index in [0.717, 1.165) is 53.8 Å². The van der Waals surface area contributed by atoms with Crippen molar-refractivity contribution in [1.82, 2.24) is 14.7 Å². The van der Waals surface area contributed by atoms with E-state index >= 15 is 0 Å². The summed E-state index contributed by atoms with van der Waals surface area (Å²) >= 11 is 7.01. The van der Waals surface area contributed by atoms with Crippen molar-refractivity contribution in [1.29, 1.82) is 0 Å². The smallest absolute Gasteiger partial charge is 0.266 e. The van der Waals surface area contributed by atoms with Crippen LogP contribution < -0.4 is 4.74 Å². The topological polar surface area (TPSA) is 47.4 Å². The number of amides is 1. The summed E-state index contributed by atoms with van der Waals surface area (Å²) < 4.78 is 21.6. The molecular weight excluding hydrogens is 566 g/mol. The van der Waals surface area contributed by atoms with Crippen LogP contribution in [0.4, 0.5) is 4.39 Å². The fourth-order valence-corrected chi connectivity index (χ4v) is 6.13. The SMILES string of the molecule is CCCCC(CC)CN1C(=O)/C(=C/c2cn(-c3ccccc3)nc2-c2ccc(OCc3ccc(F)cc3)cc2)SC1=S. The highest BCUT2D eigenvalue weighted by atomic mass is 32.2. The van der Waals surface area contributed by atoms with Crippen molar-refractivity contribution < 1.29 is 13.9 Å². The standard InChI is InChI=1S/C34H34FN3O2S2/c1-3-5-9-24(4-2)21-37-33(39)31(42-34(37)41)20-27-22-38(29-10-7-6-8-11-29)36-32(27)26-14-18-30(19-15-26)40-23-25-12-16-28(35)17-13-25/h6-8,10-20,22,24H,3-5,9,21,23H2,1-2H3/b31-20-. The van der Waals surface area contributed by atoms with Crippen molar-refractivity contribution in [3.05, 3.63) is 107 Å². The zero-order valence-corrected chi connectivity index (χ0v) is 25.5. The quantitative estimate of drug-likeness (QED) is 0.120. The van der Waals surface area contributed by atoms with Gasteiger partial charge >= 0.3 is 0 Å². The lowest BCUT2D eigenvalue weighted by Gasteiger charge is -2.21. The van der Waals surface area contributed by atoms with Crippen LogP contribution in [0.3, 0.4) is 0 Å². The molecule has 1 amide bonds. The van der Waals surface area contributed by atoms with Gasteiger partial charge in [-0.3, -0.25) is 9.69 Å². The van der Waals surface area contributed by atoms with Crippen LogP contribution in [0.25, 0.3) is 23.0 Å². The lowest BCUT2D eigenvalue weighted by atomic mass is 9.99. The summed E-state index contributed by atoms with van der Waals surface area (Å²) in [6.45, 7) is 5.37. The van der Waals surface area contributed by atoms with Gasteiger partial charge in [0, 0.05) is 23.9 Å². The van der Waals surface area contributed by atoms with E-state index in [9.17, 15) is 9.18 Å². The van der Waals surface area contributed by atoms with Crippen molar-refractivity contribution in [2.24, 2.45) is 5.92 Å². The van der Waals surface area contributed by atoms with Crippen LogP contribution in [0.15, 0.2) is 90.0 Å². The molecule has 1 saturated heterocycles. The molecule has 0 spiro atoms. The molecule has 1 fully saturated rings. The van der Waals surface area contributed by atoms with E-state index in [4.69, 9.17) is 22.1 Å². The molecule has 4 aromatic rings. The molecule has 0 N–H and O–H groups in total. The Labute approximate surface area is 256 Å². The Morgan fingerprint density at radius 2 is 1.76 bits per heavy atom. The number of halogens is 1. The third kappa shape index (κ3) is 7.17. The minimum atomic E-state index is -0.270. The summed E-state index contributed by atoms with van der Waals surface area (Å²) in [5.74, 6) is 0.824. The van der Waals surface area contributed by atoms with Crippen LogP contribution in [0.5, 0.6) is 5.75 Å². The van der Waals surface area contributed by atoms with E-state index in [2.05, 4.69) is 13.8 Å². The molecule has 3 aromatic carbocycles. The van der Waals surface area contributed by atoms with E-state index in [1.165, 1.54) is 23.9 Å². The number of benzene rings is 3. The number of carbonyl (C=O) groups excluding carboxylic acids is 1. The summed E-state index contributed by atoms with van der Waals surface area (Å²) in [6.07, 6.45) is 8.28. The van der Waals surface area contributed by atoms with Gasteiger partial charge in [-0.05, 0) is 72.5 Å². The van der Waals surface area contributed by atoms with E-state index in [0.29, 0.717) is 34.0 Å². The predicted octanol–water partition coefficient (Wildman–Crippen LogP) is 8.68. The second kappa shape index (κ2) is 13.9. The molecule has 0 aliphatic carbocycles. The first kappa shape index (κ1) is 29.7. The molecule has 1 aromatic heterocycles. The average Bonchev–Trinajstić information content (AvgIpc) is 3.55. The molecule has 1 aliphatic heterocycles. The molecule has 1 aliphatic rings. The van der Waals surface area contributed by atoms with Crippen LogP contribution in [-0.4, -0.2) is 31.5 Å². The number of hydrogen-bond donors (Lipinski definition) is 0. The molecule has 0 bridgehead atoms. The molecule has 216 valence electrons. The minimum absolute atomic E-state index is 0.0390. The van der Waals surface area contributed by atoms with Gasteiger partial charge in [0.1, 0.15) is 22.5 Å². The van der Waals surface area contributed by atoms with Crippen molar-refractivity contribution in [3.8, 4) is 22.7 Å². The van der Waals surface area contributed by atoms with Crippen molar-refractivity contribution in [2.45, 2.75) is 46.1 Å². The molecular formula is C34H34FN3O2S2. The lowest BCUT2D eigenvalue weighted by Crippen LogP contribution is -2.33. The minimum Gasteiger partial charge on any atom is -0.489 e. The molecule has 1 unspecified atom stereocenters. The largest absolute Gasteiger partial charge is 0.489 e. The third-order valence-electron chi connectivity index (χ3n) is 7.35. The number of carbonyl (C=O) groups is 1. The van der Waals surface area contributed by atoms with Crippen LogP contribution >= 0.6 is 24.0 Å². The maximum absolute atomic E-state index is 13.5. The highest BCUT2D eigenvalue weighted by Gasteiger charge is 2.33. The second-order valence-corrected chi connectivity index (χ2v) is 12.0. The van der Waals surface area contributed by atoms with Crippen LogP contribution in [0, 0.1) is 11.7 Å². The first-order valence-corrected chi connectivity index (χ1v) is 15.6. The summed E-state index contributed by atoms with van der Waals surface area (Å²) in [5.41, 5.74) is 4.29. The maximum atomic E-state index is 13.5. The number of unbranched alkanes of at least 4 members (excludes halogenated alkanes) is 1. The summed E-state index contributed by atoms with van der Waals surface area (Å²) in [5, 5.41) is 4.91. The number of ether oxygens (including phenoxy) is 1. The molecule has 1 atom stereocenters. The molecule has 8 heteroatoms. The van der Waals surface area contributed by atoms with Gasteiger partial charge < -0.3 is 4.74 Å². The van der Waals surface area contributed by atoms with Gasteiger partial charge in [0.15, 0.2) is 0 Å². The fraction of sp³-hybridized carbons (Fsp3) is 0.265. The van der Waals surface area contributed by atoms with Gasteiger partial charge in [-0.1, -0.05) is 87.4 Å². The Hall–Kier alpha value is -3.75. The van der Waals surface area contributed by atoms with Gasteiger partial charge in [-0.15, -0.1) is 0 Å². The predicted molar refractivity (Wildman–Crippen MR) is 173 cm³/mol. The number of rotatable bonds is 12. The number of para-hydroxylation sites is 1. The van der Waals surface area contributed by atoms with E-state index < -0.39 is 0 Å². The normalized spacial score (nSPS) is 15.0. The Morgan fingerprint density at radius 3 is 2.45 bits per heavy atom. The Balaban J connectivity index is 1.40. The molecule has 0 radical (unpaired) electrons. The van der Waals surface area contributed by atoms with Crippen LogP contribution in [-0.2, 0) is 11.4 Å². The maximum Gasteiger partial charge on any atom is 0.266 e. The summed E-state index contributed by atoms with van der Waals surface area (Å²) in [4.78, 5) is 15.9. The highest BCUT2D eigenvalue weighted by molar-refractivity contribution is 8.26. The Kier molecular flexibility index (Phi) is 9.87. The van der Waals surface area contributed by atoms with E-state index in [1.807, 2.05) is 71.6 Å². The molecule has 2 heterocycles. The average molecular weight is 600 g/mol. The van der Waals surface area contributed by atoms with Crippen molar-refractivity contribution >= 4 is 40.3 Å². The van der Waals surface area contributed by atoms with E-state index in [1.54, 1.807) is 17.0 Å². The monoisotopic (exact) mass is 599 g/mol. The van der Waals surface area contributed by atoms with Gasteiger partial charge in [-0.25, -0.2) is 9.07 Å². The Bertz CT molecular complexity index is 1550. The lowest BCUT2D eigenvalue weighted by molar-refractivity contribution is -0.122. The molecule has 42 heavy (non-hydrogen) atoms. The number of aromatic nitrogens is 2. The second-order valence-electron chi connectivity index (χ2n) is 10.4. The van der Waals surface area contributed by atoms with E-state index in [-0.39, 0.29) is 11.7 Å². The van der Waals surface area contributed by atoms with Gasteiger partial charge in [0.25, 0.3) is 5.91 Å². The van der Waals surface area contributed by atoms with Crippen molar-refractivity contribution in [3.63, 3.8) is 0 Å². The van der Waals surface area contributed by atoms with Gasteiger partial charge in [0.2, 0.25) is 0 Å². The zero-order chi connectivity index (χ0) is 29.5. The molecule has 5 rings (SSSR count). The number of nitrogens with zero attached hydrogens (tertiary/aromatic N) is 3. The van der Waals surface area contributed by atoms with Crippen LogP contribution in [0.2, 0.25) is 0 Å². The van der Waals surface area contributed by atoms with Crippen LogP contribution in [0.1, 0.15) is 50.7 Å². The Morgan fingerprint density at radius 1 is 1.02 bits per heavy atom. The highest BCUT2D eigenvalue weighted by Crippen LogP contribution is 2.36. The fourth-order valence-electron chi connectivity index (χ4n) is 4.86. The third-order valence-corrected chi connectivity index (χ3v) is 8.73. The first-order valence-electron chi connectivity index (χ1n) is 14.3. The van der Waals surface area contributed by atoms with Gasteiger partial charge in [0.05, 0.1) is 16.3 Å². The summed E-state index contributed by atoms with van der Waals surface area (Å²) in [6, 6.07) is 23.9. The molecule has 5 nitrogen and oxygen atoms in total. The number of hydrogen-bond acceptors (Lipinski definition) is 5.